The molecule has 0 atom stereocenters. The molecule has 0 fully saturated rings. The topological polar surface area (TPSA) is 13.1 Å². The molecule has 0 bridgehead atoms. The highest BCUT2D eigenvalue weighted by molar-refractivity contribution is 6.10. The van der Waals surface area contributed by atoms with Crippen molar-refractivity contribution < 1.29 is 0 Å². The summed E-state index contributed by atoms with van der Waals surface area (Å²) in [5, 5.41) is 5.09. The number of fused-ring (bicyclic) bond motifs is 9. The van der Waals surface area contributed by atoms with Crippen LogP contribution in [0.1, 0.15) is 25.0 Å². The van der Waals surface area contributed by atoms with Crippen LogP contribution >= 0.6 is 0 Å². The molecule has 2 aromatic heterocycles. The molecule has 0 saturated heterocycles. The number of anilines is 3. The van der Waals surface area contributed by atoms with Crippen LogP contribution in [0, 0.1) is 0 Å². The number of hydrogen-bond acceptors (Lipinski definition) is 1. The predicted octanol–water partition coefficient (Wildman–Crippen LogP) is 20.3. The third kappa shape index (κ3) is 7.42. The highest BCUT2D eigenvalue weighted by Gasteiger charge is 2.35. The fourth-order valence-electron chi connectivity index (χ4n) is 12.6. The summed E-state index contributed by atoms with van der Waals surface area (Å²) in [4.78, 5) is 2.41. The van der Waals surface area contributed by atoms with Gasteiger partial charge in [0.1, 0.15) is 0 Å². The van der Waals surface area contributed by atoms with Gasteiger partial charge in [-0.3, -0.25) is 0 Å². The second-order valence-corrected chi connectivity index (χ2v) is 21.3. The molecule has 0 saturated carbocycles. The lowest BCUT2D eigenvalue weighted by Gasteiger charge is -2.28. The van der Waals surface area contributed by atoms with Crippen molar-refractivity contribution >= 4 is 60.7 Å². The number of rotatable bonds is 9. The SMILES string of the molecule is CC1(C)c2ccccc2-c2ccc(N(c3ccc(-c4ccc(-c5ccc(-n6c7ccccc7c7ccccc76)cc5)cc4)cc3)c3ccc(-c4ccc(-c5ccc(-n6c7ccccc7c7ccccc76)cc5)cc4)cc3)cc21. The van der Waals surface area contributed by atoms with Gasteiger partial charge in [0.05, 0.1) is 22.1 Å². The van der Waals surface area contributed by atoms with E-state index in [-0.39, 0.29) is 5.41 Å². The van der Waals surface area contributed by atoms with Crippen LogP contribution in [-0.4, -0.2) is 9.13 Å². The number of benzene rings is 12. The van der Waals surface area contributed by atoms with E-state index in [1.807, 2.05) is 0 Å². The first-order valence-corrected chi connectivity index (χ1v) is 27.1. The van der Waals surface area contributed by atoms with Crippen LogP contribution in [0.25, 0.3) is 111 Å². The lowest BCUT2D eigenvalue weighted by atomic mass is 9.82. The van der Waals surface area contributed by atoms with Gasteiger partial charge in [0.15, 0.2) is 0 Å². The van der Waals surface area contributed by atoms with Crippen LogP contribution in [0.5, 0.6) is 0 Å². The van der Waals surface area contributed by atoms with Gasteiger partial charge < -0.3 is 14.0 Å². The van der Waals surface area contributed by atoms with E-state index in [1.165, 1.54) is 110 Å². The summed E-state index contributed by atoms with van der Waals surface area (Å²) < 4.78 is 4.74. The van der Waals surface area contributed by atoms with Crippen molar-refractivity contribution in [3.63, 3.8) is 0 Å². The van der Waals surface area contributed by atoms with Crippen LogP contribution in [0.3, 0.4) is 0 Å². The van der Waals surface area contributed by atoms with Gasteiger partial charge in [-0.15, -0.1) is 0 Å². The molecule has 0 N–H and O–H groups in total. The maximum absolute atomic E-state index is 2.42. The molecule has 368 valence electrons. The molecule has 12 aromatic carbocycles. The van der Waals surface area contributed by atoms with Crippen molar-refractivity contribution in [2.75, 3.05) is 4.90 Å². The second-order valence-electron chi connectivity index (χ2n) is 21.3. The third-order valence-electron chi connectivity index (χ3n) is 16.6. The van der Waals surface area contributed by atoms with Crippen molar-refractivity contribution in [2.24, 2.45) is 0 Å². The average molecular weight is 996 g/mol. The Balaban J connectivity index is 0.710. The van der Waals surface area contributed by atoms with E-state index in [9.17, 15) is 0 Å². The Labute approximate surface area is 454 Å². The first-order valence-electron chi connectivity index (χ1n) is 27.1. The smallest absolute Gasteiger partial charge is 0.0541 e. The molecule has 1 aliphatic rings. The van der Waals surface area contributed by atoms with E-state index in [0.717, 1.165) is 28.4 Å². The molecule has 2 heterocycles. The molecule has 78 heavy (non-hydrogen) atoms. The van der Waals surface area contributed by atoms with Gasteiger partial charge in [0.25, 0.3) is 0 Å². The zero-order valence-corrected chi connectivity index (χ0v) is 43.5. The van der Waals surface area contributed by atoms with E-state index >= 15 is 0 Å². The minimum Gasteiger partial charge on any atom is -0.310 e. The third-order valence-corrected chi connectivity index (χ3v) is 16.6. The molecule has 0 unspecified atom stereocenters. The van der Waals surface area contributed by atoms with Gasteiger partial charge in [-0.2, -0.15) is 0 Å². The van der Waals surface area contributed by atoms with E-state index in [0.29, 0.717) is 0 Å². The first kappa shape index (κ1) is 45.4. The molecular formula is C75H53N3. The van der Waals surface area contributed by atoms with Gasteiger partial charge in [-0.1, -0.05) is 214 Å². The van der Waals surface area contributed by atoms with Crippen LogP contribution in [0.2, 0.25) is 0 Å². The van der Waals surface area contributed by atoms with Crippen LogP contribution in [0.4, 0.5) is 17.1 Å². The largest absolute Gasteiger partial charge is 0.310 e. The number of aromatic nitrogens is 2. The number of hydrogen-bond donors (Lipinski definition) is 0. The first-order chi connectivity index (χ1) is 38.4. The Morgan fingerprint density at radius 1 is 0.256 bits per heavy atom. The summed E-state index contributed by atoms with van der Waals surface area (Å²) in [6.45, 7) is 4.71. The molecule has 14 aromatic rings. The van der Waals surface area contributed by atoms with Gasteiger partial charge in [0.2, 0.25) is 0 Å². The second kappa shape index (κ2) is 18.1. The molecule has 0 radical (unpaired) electrons. The average Bonchev–Trinajstić information content (AvgIpc) is 4.33. The van der Waals surface area contributed by atoms with Crippen molar-refractivity contribution in [2.45, 2.75) is 19.3 Å². The van der Waals surface area contributed by atoms with Gasteiger partial charge in [-0.05, 0) is 152 Å². The normalized spacial score (nSPS) is 12.6. The lowest BCUT2D eigenvalue weighted by molar-refractivity contribution is 0.660. The van der Waals surface area contributed by atoms with Crippen molar-refractivity contribution in [1.82, 2.24) is 9.13 Å². The molecule has 3 heteroatoms. The molecule has 0 amide bonds. The number of para-hydroxylation sites is 4. The molecule has 3 nitrogen and oxygen atoms in total. The molecule has 0 spiro atoms. The van der Waals surface area contributed by atoms with Crippen LogP contribution in [0.15, 0.2) is 285 Å². The fraction of sp³-hybridized carbons (Fsp3) is 0.0400. The summed E-state index contributed by atoms with van der Waals surface area (Å²) >= 11 is 0. The lowest BCUT2D eigenvalue weighted by Crippen LogP contribution is -2.16. The number of nitrogens with zero attached hydrogens (tertiary/aromatic N) is 3. The Morgan fingerprint density at radius 3 is 0.910 bits per heavy atom. The summed E-state index contributed by atoms with van der Waals surface area (Å²) in [6, 6.07) is 105. The van der Waals surface area contributed by atoms with Crippen LogP contribution in [-0.2, 0) is 5.41 Å². The summed E-state index contributed by atoms with van der Waals surface area (Å²) in [5.41, 5.74) is 25.3. The summed E-state index contributed by atoms with van der Waals surface area (Å²) in [6.07, 6.45) is 0. The Kier molecular flexibility index (Phi) is 10.6. The zero-order valence-electron chi connectivity index (χ0n) is 43.5. The maximum atomic E-state index is 2.42. The van der Waals surface area contributed by atoms with Gasteiger partial charge in [-0.25, -0.2) is 0 Å². The minimum absolute atomic E-state index is 0.123. The molecule has 0 aliphatic heterocycles. The van der Waals surface area contributed by atoms with Crippen LogP contribution < -0.4 is 4.90 Å². The molecule has 1 aliphatic carbocycles. The quantitative estimate of drug-likeness (QED) is 0.140. The predicted molar refractivity (Wildman–Crippen MR) is 329 cm³/mol. The van der Waals surface area contributed by atoms with Crippen molar-refractivity contribution in [1.29, 1.82) is 0 Å². The van der Waals surface area contributed by atoms with Crippen molar-refractivity contribution in [3.8, 4) is 67.0 Å². The zero-order chi connectivity index (χ0) is 51.9. The standard InChI is InChI=1S/C75H53N3/c1-75(2)69-18-8-3-13-63(69)64-48-47-62(49-70(64)75)76(58-39-31-54(32-40-58)50-23-27-52(28-24-50)56-35-43-60(44-36-56)77-71-19-9-4-14-65(71)66-15-5-10-20-72(66)77)59-41-33-55(34-42-59)51-25-29-53(30-26-51)57-37-45-61(46-38-57)78-73-21-11-6-16-67(73)68-17-7-12-22-74(68)78/h3-49H,1-2H3. The van der Waals surface area contributed by atoms with Gasteiger partial charge in [0, 0.05) is 55.4 Å². The van der Waals surface area contributed by atoms with Gasteiger partial charge >= 0.3 is 0 Å². The van der Waals surface area contributed by atoms with E-state index in [2.05, 4.69) is 313 Å². The Bertz CT molecular complexity index is 4230. The maximum Gasteiger partial charge on any atom is 0.0541 e. The molecular weight excluding hydrogens is 943 g/mol. The molecule has 15 rings (SSSR count). The Hall–Kier alpha value is -9.96. The van der Waals surface area contributed by atoms with E-state index in [1.54, 1.807) is 0 Å². The Morgan fingerprint density at radius 2 is 0.538 bits per heavy atom. The monoisotopic (exact) mass is 995 g/mol. The van der Waals surface area contributed by atoms with Crippen molar-refractivity contribution in [3.05, 3.63) is 296 Å². The van der Waals surface area contributed by atoms with E-state index in [4.69, 9.17) is 0 Å². The highest BCUT2D eigenvalue weighted by atomic mass is 15.1. The highest BCUT2D eigenvalue weighted by Crippen LogP contribution is 2.51. The summed E-state index contributed by atoms with van der Waals surface area (Å²) in [5.74, 6) is 0. The van der Waals surface area contributed by atoms with E-state index < -0.39 is 0 Å². The summed E-state index contributed by atoms with van der Waals surface area (Å²) in [7, 11) is 0. The fourth-order valence-corrected chi connectivity index (χ4v) is 12.6. The minimum atomic E-state index is -0.123.